The SMILES string of the molecule is COC(C)C(=O)Nc1ccc(OC(F)F)c(Cl)c1. The fourth-order valence-electron chi connectivity index (χ4n) is 1.12. The average molecular weight is 280 g/mol. The minimum Gasteiger partial charge on any atom is -0.433 e. The van der Waals surface area contributed by atoms with E-state index < -0.39 is 12.7 Å². The second-order valence-electron chi connectivity index (χ2n) is 3.39. The van der Waals surface area contributed by atoms with Gasteiger partial charge >= 0.3 is 6.61 Å². The zero-order valence-electron chi connectivity index (χ0n) is 9.75. The van der Waals surface area contributed by atoms with Gasteiger partial charge in [-0.1, -0.05) is 11.6 Å². The van der Waals surface area contributed by atoms with Crippen LogP contribution in [0.2, 0.25) is 5.02 Å². The molecule has 0 aromatic heterocycles. The topological polar surface area (TPSA) is 47.6 Å². The zero-order valence-corrected chi connectivity index (χ0v) is 10.5. The third-order valence-corrected chi connectivity index (χ3v) is 2.43. The summed E-state index contributed by atoms with van der Waals surface area (Å²) in [7, 11) is 1.40. The summed E-state index contributed by atoms with van der Waals surface area (Å²) in [6, 6.07) is 3.98. The summed E-state index contributed by atoms with van der Waals surface area (Å²) in [5.41, 5.74) is 0.371. The van der Waals surface area contributed by atoms with Crippen LogP contribution in [0.1, 0.15) is 6.92 Å². The lowest BCUT2D eigenvalue weighted by Gasteiger charge is -2.12. The molecule has 7 heteroatoms. The Bertz CT molecular complexity index is 429. The first kappa shape index (κ1) is 14.7. The number of rotatable bonds is 5. The van der Waals surface area contributed by atoms with Crippen molar-refractivity contribution >= 4 is 23.2 Å². The predicted molar refractivity (Wildman–Crippen MR) is 63.2 cm³/mol. The normalized spacial score (nSPS) is 12.3. The number of nitrogens with one attached hydrogen (secondary N) is 1. The van der Waals surface area contributed by atoms with Crippen molar-refractivity contribution in [1.82, 2.24) is 0 Å². The van der Waals surface area contributed by atoms with Gasteiger partial charge in [-0.05, 0) is 25.1 Å². The van der Waals surface area contributed by atoms with Gasteiger partial charge in [0.2, 0.25) is 0 Å². The molecule has 0 heterocycles. The average Bonchev–Trinajstić information content (AvgIpc) is 2.31. The molecule has 0 aliphatic rings. The number of anilines is 1. The van der Waals surface area contributed by atoms with Gasteiger partial charge in [0.15, 0.2) is 0 Å². The number of benzene rings is 1. The summed E-state index contributed by atoms with van der Waals surface area (Å²) in [5.74, 6) is -0.513. The van der Waals surface area contributed by atoms with Gasteiger partial charge in [-0.15, -0.1) is 0 Å². The maximum Gasteiger partial charge on any atom is 0.387 e. The molecule has 1 aromatic rings. The van der Waals surface area contributed by atoms with Crippen LogP contribution in [0.15, 0.2) is 18.2 Å². The van der Waals surface area contributed by atoms with Crippen LogP contribution in [0, 0.1) is 0 Å². The Morgan fingerprint density at radius 1 is 1.44 bits per heavy atom. The van der Waals surface area contributed by atoms with Crippen LogP contribution in [-0.4, -0.2) is 25.7 Å². The first-order valence-corrected chi connectivity index (χ1v) is 5.40. The van der Waals surface area contributed by atoms with Gasteiger partial charge < -0.3 is 14.8 Å². The molecule has 0 bridgehead atoms. The Morgan fingerprint density at radius 3 is 2.61 bits per heavy atom. The molecule has 0 aliphatic heterocycles. The van der Waals surface area contributed by atoms with Crippen molar-refractivity contribution in [3.63, 3.8) is 0 Å². The molecule has 1 atom stereocenters. The highest BCUT2D eigenvalue weighted by atomic mass is 35.5. The highest BCUT2D eigenvalue weighted by molar-refractivity contribution is 6.32. The summed E-state index contributed by atoms with van der Waals surface area (Å²) in [5, 5.41) is 2.51. The summed E-state index contributed by atoms with van der Waals surface area (Å²) < 4.78 is 33.0. The van der Waals surface area contributed by atoms with Gasteiger partial charge in [0.25, 0.3) is 5.91 Å². The van der Waals surface area contributed by atoms with Crippen molar-refractivity contribution in [2.75, 3.05) is 12.4 Å². The number of carbonyl (C=O) groups is 1. The molecule has 1 rings (SSSR count). The lowest BCUT2D eigenvalue weighted by atomic mass is 10.3. The second kappa shape index (κ2) is 6.51. The summed E-state index contributed by atoms with van der Waals surface area (Å²) >= 11 is 5.73. The molecule has 18 heavy (non-hydrogen) atoms. The quantitative estimate of drug-likeness (QED) is 0.901. The number of hydrogen-bond donors (Lipinski definition) is 1. The van der Waals surface area contributed by atoms with E-state index in [-0.39, 0.29) is 16.7 Å². The molecule has 1 unspecified atom stereocenters. The number of halogens is 3. The lowest BCUT2D eigenvalue weighted by Crippen LogP contribution is -2.26. The van der Waals surface area contributed by atoms with Crippen molar-refractivity contribution < 1.29 is 23.0 Å². The number of methoxy groups -OCH3 is 1. The molecule has 1 aromatic carbocycles. The number of ether oxygens (including phenoxy) is 2. The van der Waals surface area contributed by atoms with E-state index in [0.717, 1.165) is 0 Å². The van der Waals surface area contributed by atoms with E-state index in [1.54, 1.807) is 6.92 Å². The third kappa shape index (κ3) is 4.12. The van der Waals surface area contributed by atoms with Crippen LogP contribution < -0.4 is 10.1 Å². The van der Waals surface area contributed by atoms with E-state index in [9.17, 15) is 13.6 Å². The Labute approximate surface area is 108 Å². The van der Waals surface area contributed by atoms with Crippen LogP contribution in [0.5, 0.6) is 5.75 Å². The van der Waals surface area contributed by atoms with Crippen molar-refractivity contribution in [2.45, 2.75) is 19.6 Å². The Kier molecular flexibility index (Phi) is 5.30. The monoisotopic (exact) mass is 279 g/mol. The third-order valence-electron chi connectivity index (χ3n) is 2.14. The minimum atomic E-state index is -2.95. The van der Waals surface area contributed by atoms with E-state index in [2.05, 4.69) is 10.1 Å². The van der Waals surface area contributed by atoms with E-state index in [1.807, 2.05) is 0 Å². The van der Waals surface area contributed by atoms with E-state index in [1.165, 1.54) is 25.3 Å². The maximum absolute atomic E-state index is 12.0. The fraction of sp³-hybridized carbons (Fsp3) is 0.364. The van der Waals surface area contributed by atoms with Gasteiger partial charge in [-0.25, -0.2) is 0 Å². The molecular weight excluding hydrogens is 268 g/mol. The Morgan fingerprint density at radius 2 is 2.11 bits per heavy atom. The molecule has 1 amide bonds. The molecule has 0 saturated carbocycles. The predicted octanol–water partition coefficient (Wildman–Crippen LogP) is 2.91. The second-order valence-corrected chi connectivity index (χ2v) is 3.80. The van der Waals surface area contributed by atoms with Gasteiger partial charge in [0, 0.05) is 12.8 Å². The number of carbonyl (C=O) groups excluding carboxylic acids is 1. The van der Waals surface area contributed by atoms with Crippen LogP contribution in [-0.2, 0) is 9.53 Å². The van der Waals surface area contributed by atoms with E-state index >= 15 is 0 Å². The highest BCUT2D eigenvalue weighted by Crippen LogP contribution is 2.28. The van der Waals surface area contributed by atoms with Gasteiger partial charge in [0.05, 0.1) is 5.02 Å². The number of amides is 1. The first-order chi connectivity index (χ1) is 8.43. The molecule has 0 aliphatic carbocycles. The van der Waals surface area contributed by atoms with E-state index in [4.69, 9.17) is 16.3 Å². The number of alkyl halides is 2. The van der Waals surface area contributed by atoms with Crippen molar-refractivity contribution in [1.29, 1.82) is 0 Å². The van der Waals surface area contributed by atoms with Crippen molar-refractivity contribution in [3.05, 3.63) is 23.2 Å². The molecular formula is C11H12ClF2NO3. The zero-order chi connectivity index (χ0) is 13.7. The van der Waals surface area contributed by atoms with Crippen molar-refractivity contribution in [3.8, 4) is 5.75 Å². The summed E-state index contributed by atoms with van der Waals surface area (Å²) in [6.45, 7) is -1.37. The standard InChI is InChI=1S/C11H12ClF2NO3/c1-6(17-2)10(16)15-7-3-4-9(8(12)5-7)18-11(13)14/h3-6,11H,1-2H3,(H,15,16). The largest absolute Gasteiger partial charge is 0.433 e. The minimum absolute atomic E-state index is 0.0156. The lowest BCUT2D eigenvalue weighted by molar-refractivity contribution is -0.124. The molecule has 0 saturated heterocycles. The first-order valence-electron chi connectivity index (χ1n) is 5.02. The maximum atomic E-state index is 12.0. The van der Waals surface area contributed by atoms with Crippen LogP contribution in [0.3, 0.4) is 0 Å². The Hall–Kier alpha value is -1.40. The van der Waals surface area contributed by atoms with Gasteiger partial charge in [-0.2, -0.15) is 8.78 Å². The summed E-state index contributed by atoms with van der Waals surface area (Å²) in [4.78, 5) is 11.5. The smallest absolute Gasteiger partial charge is 0.387 e. The molecule has 1 N–H and O–H groups in total. The molecule has 0 radical (unpaired) electrons. The number of hydrogen-bond acceptors (Lipinski definition) is 3. The molecule has 0 fully saturated rings. The summed E-state index contributed by atoms with van der Waals surface area (Å²) in [6.07, 6.45) is -0.624. The molecule has 4 nitrogen and oxygen atoms in total. The highest BCUT2D eigenvalue weighted by Gasteiger charge is 2.13. The fourth-order valence-corrected chi connectivity index (χ4v) is 1.35. The Balaban J connectivity index is 2.75. The van der Waals surface area contributed by atoms with Crippen LogP contribution in [0.4, 0.5) is 14.5 Å². The van der Waals surface area contributed by atoms with E-state index in [0.29, 0.717) is 5.69 Å². The van der Waals surface area contributed by atoms with Crippen molar-refractivity contribution in [2.24, 2.45) is 0 Å². The van der Waals surface area contributed by atoms with Crippen LogP contribution in [0.25, 0.3) is 0 Å². The van der Waals surface area contributed by atoms with Gasteiger partial charge in [-0.3, -0.25) is 4.79 Å². The molecule has 0 spiro atoms. The van der Waals surface area contributed by atoms with Gasteiger partial charge in [0.1, 0.15) is 11.9 Å². The van der Waals surface area contributed by atoms with Crippen LogP contribution >= 0.6 is 11.6 Å². The molecule has 100 valence electrons.